The molecule has 0 bridgehead atoms. The highest BCUT2D eigenvalue weighted by Gasteiger charge is 2.24. The van der Waals surface area contributed by atoms with E-state index in [0.717, 1.165) is 19.5 Å². The molecule has 2 N–H and O–H groups in total. The van der Waals surface area contributed by atoms with Crippen LogP contribution >= 0.6 is 0 Å². The number of hydrogen-bond donors (Lipinski definition) is 2. The minimum absolute atomic E-state index is 0.0233. The molecule has 1 amide bonds. The molecule has 19 heavy (non-hydrogen) atoms. The molecule has 0 saturated carbocycles. The van der Waals surface area contributed by atoms with Crippen molar-refractivity contribution in [3.05, 3.63) is 23.5 Å². The highest BCUT2D eigenvalue weighted by molar-refractivity contribution is 5.99. The van der Waals surface area contributed by atoms with Crippen molar-refractivity contribution in [3.8, 4) is 0 Å². The summed E-state index contributed by atoms with van der Waals surface area (Å²) < 4.78 is 1.71. The summed E-state index contributed by atoms with van der Waals surface area (Å²) in [5, 5.41) is 6.37. The summed E-state index contributed by atoms with van der Waals surface area (Å²) in [5.74, 6) is 0.295. The molecule has 1 aliphatic rings. The van der Waals surface area contributed by atoms with Crippen LogP contribution in [0.5, 0.6) is 0 Å². The van der Waals surface area contributed by atoms with Crippen molar-refractivity contribution in [3.63, 3.8) is 0 Å². The maximum Gasteiger partial charge on any atom is 0.268 e. The van der Waals surface area contributed by atoms with Crippen LogP contribution in [-0.2, 0) is 7.05 Å². The van der Waals surface area contributed by atoms with Gasteiger partial charge in [-0.25, -0.2) is 0 Å². The number of carbonyl (C=O) groups excluding carboxylic acids is 2. The molecule has 1 fully saturated rings. The molecule has 1 aromatic heterocycles. The molecule has 0 radical (unpaired) electrons. The fourth-order valence-electron chi connectivity index (χ4n) is 2.45. The number of nitrogens with one attached hydrogen (secondary N) is 2. The van der Waals surface area contributed by atoms with Gasteiger partial charge in [0.1, 0.15) is 5.69 Å². The van der Waals surface area contributed by atoms with Gasteiger partial charge in [-0.15, -0.1) is 0 Å². The first-order valence-electron chi connectivity index (χ1n) is 6.68. The number of nitrogens with zero attached hydrogens (tertiary/aromatic N) is 1. The summed E-state index contributed by atoms with van der Waals surface area (Å²) in [4.78, 5) is 23.6. The molecule has 5 nitrogen and oxygen atoms in total. The number of aryl methyl sites for hydroxylation is 1. The van der Waals surface area contributed by atoms with Crippen molar-refractivity contribution in [2.45, 2.75) is 26.3 Å². The van der Waals surface area contributed by atoms with Gasteiger partial charge in [-0.1, -0.05) is 6.92 Å². The first kappa shape index (κ1) is 13.8. The van der Waals surface area contributed by atoms with Crippen LogP contribution in [0.1, 0.15) is 41.1 Å². The zero-order valence-corrected chi connectivity index (χ0v) is 11.7. The van der Waals surface area contributed by atoms with Gasteiger partial charge >= 0.3 is 0 Å². The van der Waals surface area contributed by atoms with Gasteiger partial charge in [0.25, 0.3) is 5.91 Å². The third-order valence-electron chi connectivity index (χ3n) is 3.75. The Labute approximate surface area is 113 Å². The van der Waals surface area contributed by atoms with Crippen molar-refractivity contribution in [1.29, 1.82) is 0 Å². The zero-order chi connectivity index (χ0) is 14.0. The summed E-state index contributed by atoms with van der Waals surface area (Å²) in [6.07, 6.45) is 2.64. The number of carbonyl (C=O) groups is 2. The van der Waals surface area contributed by atoms with Crippen LogP contribution in [0.2, 0.25) is 0 Å². The molecule has 5 heteroatoms. The summed E-state index contributed by atoms with van der Waals surface area (Å²) in [7, 11) is 1.78. The van der Waals surface area contributed by atoms with Gasteiger partial charge in [-0.3, -0.25) is 9.59 Å². The van der Waals surface area contributed by atoms with Gasteiger partial charge in [0.05, 0.1) is 0 Å². The lowest BCUT2D eigenvalue weighted by Gasteiger charge is -2.30. The molecule has 0 aromatic carbocycles. The molecule has 1 saturated heterocycles. The number of Topliss-reactive ketones (excluding diaryl/α,β-unsaturated/α-hetero) is 1. The van der Waals surface area contributed by atoms with Crippen LogP contribution in [0, 0.1) is 5.92 Å². The topological polar surface area (TPSA) is 63.1 Å². The predicted molar refractivity (Wildman–Crippen MR) is 73.3 cm³/mol. The highest BCUT2D eigenvalue weighted by atomic mass is 16.2. The van der Waals surface area contributed by atoms with E-state index in [-0.39, 0.29) is 17.7 Å². The lowest BCUT2D eigenvalue weighted by molar-refractivity contribution is 0.0905. The van der Waals surface area contributed by atoms with Crippen LogP contribution in [0.15, 0.2) is 12.3 Å². The first-order valence-corrected chi connectivity index (χ1v) is 6.68. The van der Waals surface area contributed by atoms with Gasteiger partial charge in [0.15, 0.2) is 5.78 Å². The minimum Gasteiger partial charge on any atom is -0.348 e. The monoisotopic (exact) mass is 263 g/mol. The summed E-state index contributed by atoms with van der Waals surface area (Å²) in [5.41, 5.74) is 1.11. The van der Waals surface area contributed by atoms with Crippen LogP contribution in [0.25, 0.3) is 0 Å². The molecular formula is C14H21N3O2. The number of ketones is 1. The second-order valence-corrected chi connectivity index (χ2v) is 5.33. The summed E-state index contributed by atoms with van der Waals surface area (Å²) in [6.45, 7) is 5.49. The van der Waals surface area contributed by atoms with Crippen molar-refractivity contribution in [2.75, 3.05) is 13.1 Å². The van der Waals surface area contributed by atoms with Crippen molar-refractivity contribution >= 4 is 11.7 Å². The Morgan fingerprint density at radius 2 is 2.21 bits per heavy atom. The van der Waals surface area contributed by atoms with Crippen LogP contribution in [0.4, 0.5) is 0 Å². The van der Waals surface area contributed by atoms with Gasteiger partial charge in [-0.2, -0.15) is 0 Å². The van der Waals surface area contributed by atoms with Crippen LogP contribution < -0.4 is 10.6 Å². The lowest BCUT2D eigenvalue weighted by Crippen LogP contribution is -2.48. The van der Waals surface area contributed by atoms with E-state index in [2.05, 4.69) is 17.6 Å². The van der Waals surface area contributed by atoms with Crippen LogP contribution in [0.3, 0.4) is 0 Å². The molecule has 0 spiro atoms. The molecule has 2 unspecified atom stereocenters. The standard InChI is InChI=1S/C14H21N3O2/c1-9-7-15-5-4-12(9)16-14(19)13-6-11(10(2)18)8-17(13)3/h6,8-9,12,15H,4-5,7H2,1-3H3,(H,16,19). The zero-order valence-electron chi connectivity index (χ0n) is 11.7. The Bertz CT molecular complexity index is 493. The number of hydrogen-bond acceptors (Lipinski definition) is 3. The third kappa shape index (κ3) is 3.04. The highest BCUT2D eigenvalue weighted by Crippen LogP contribution is 2.13. The van der Waals surface area contributed by atoms with Crippen molar-refractivity contribution in [1.82, 2.24) is 15.2 Å². The van der Waals surface area contributed by atoms with Gasteiger partial charge in [-0.05, 0) is 38.4 Å². The molecule has 104 valence electrons. The van der Waals surface area contributed by atoms with E-state index >= 15 is 0 Å². The Morgan fingerprint density at radius 1 is 1.47 bits per heavy atom. The molecule has 2 atom stereocenters. The molecule has 2 heterocycles. The molecule has 0 aliphatic carbocycles. The fourth-order valence-corrected chi connectivity index (χ4v) is 2.45. The first-order chi connectivity index (χ1) is 8.99. The second kappa shape index (κ2) is 5.57. The van der Waals surface area contributed by atoms with E-state index < -0.39 is 0 Å². The van der Waals surface area contributed by atoms with E-state index in [1.807, 2.05) is 0 Å². The average Bonchev–Trinajstić information content (AvgIpc) is 2.74. The molecular weight excluding hydrogens is 242 g/mol. The molecule has 1 aromatic rings. The summed E-state index contributed by atoms with van der Waals surface area (Å²) in [6, 6.07) is 1.85. The second-order valence-electron chi connectivity index (χ2n) is 5.33. The smallest absolute Gasteiger partial charge is 0.268 e. The van der Waals surface area contributed by atoms with Crippen molar-refractivity contribution < 1.29 is 9.59 Å². The van der Waals surface area contributed by atoms with Crippen molar-refractivity contribution in [2.24, 2.45) is 13.0 Å². The Hall–Kier alpha value is -1.62. The van der Waals surface area contributed by atoms with Gasteiger partial charge in [0.2, 0.25) is 0 Å². The summed E-state index contributed by atoms with van der Waals surface area (Å²) >= 11 is 0. The van der Waals surface area contributed by atoms with Gasteiger partial charge < -0.3 is 15.2 Å². The van der Waals surface area contributed by atoms with E-state index in [9.17, 15) is 9.59 Å². The number of rotatable bonds is 3. The van der Waals surface area contributed by atoms with Crippen LogP contribution in [-0.4, -0.2) is 35.4 Å². The van der Waals surface area contributed by atoms with Gasteiger partial charge in [0, 0.05) is 24.8 Å². The Kier molecular flexibility index (Phi) is 4.04. The normalized spacial score (nSPS) is 23.1. The fraction of sp³-hybridized carbons (Fsp3) is 0.571. The largest absolute Gasteiger partial charge is 0.348 e. The Morgan fingerprint density at radius 3 is 2.79 bits per heavy atom. The number of amides is 1. The molecule has 2 rings (SSSR count). The van der Waals surface area contributed by atoms with E-state index in [0.29, 0.717) is 17.2 Å². The number of aromatic nitrogens is 1. The quantitative estimate of drug-likeness (QED) is 0.798. The van der Waals surface area contributed by atoms with E-state index in [4.69, 9.17) is 0 Å². The number of piperidine rings is 1. The SMILES string of the molecule is CC(=O)c1cc(C(=O)NC2CCNCC2C)n(C)c1. The maximum atomic E-state index is 12.3. The average molecular weight is 263 g/mol. The van der Waals surface area contributed by atoms with E-state index in [1.165, 1.54) is 6.92 Å². The lowest BCUT2D eigenvalue weighted by atomic mass is 9.95. The third-order valence-corrected chi connectivity index (χ3v) is 3.75. The maximum absolute atomic E-state index is 12.3. The predicted octanol–water partition coefficient (Wildman–Crippen LogP) is 0.955. The molecule has 1 aliphatic heterocycles. The minimum atomic E-state index is -0.103. The Balaban J connectivity index is 2.09. The van der Waals surface area contributed by atoms with E-state index in [1.54, 1.807) is 23.9 Å².